The first-order valence-corrected chi connectivity index (χ1v) is 10.5. The molecule has 0 bridgehead atoms. The zero-order valence-electron chi connectivity index (χ0n) is 18.6. The van der Waals surface area contributed by atoms with E-state index in [1.54, 1.807) is 7.05 Å². The molecule has 3 rings (SSSR count). The fraction of sp³-hybridized carbons (Fsp3) is 0.722. The number of carbonyl (C=O) groups is 3. The Bertz CT molecular complexity index is 856. The van der Waals surface area contributed by atoms with Crippen molar-refractivity contribution in [1.29, 1.82) is 0 Å². The van der Waals surface area contributed by atoms with Gasteiger partial charge in [-0.2, -0.15) is 0 Å². The summed E-state index contributed by atoms with van der Waals surface area (Å²) in [5.41, 5.74) is 10.3. The molecule has 34 heavy (non-hydrogen) atoms. The topological polar surface area (TPSA) is 238 Å². The van der Waals surface area contributed by atoms with E-state index >= 15 is 0 Å². The van der Waals surface area contributed by atoms with E-state index in [2.05, 4.69) is 20.6 Å². The predicted molar refractivity (Wildman–Crippen MR) is 115 cm³/mol. The van der Waals surface area contributed by atoms with Gasteiger partial charge in [0, 0.05) is 20.6 Å². The van der Waals surface area contributed by atoms with Crippen molar-refractivity contribution in [3.8, 4) is 0 Å². The second-order valence-electron chi connectivity index (χ2n) is 8.18. The number of aliphatic hydroxyl groups excluding tert-OH is 3. The predicted octanol–water partition coefficient (Wildman–Crippen LogP) is -5.54. The fourth-order valence-corrected chi connectivity index (χ4v) is 4.26. The molecule has 0 aromatic heterocycles. The third-order valence-corrected chi connectivity index (χ3v) is 5.98. The van der Waals surface area contributed by atoms with Gasteiger partial charge in [0.2, 0.25) is 11.8 Å². The van der Waals surface area contributed by atoms with E-state index in [1.165, 1.54) is 11.9 Å². The number of hydrogen-bond donors (Lipinski definition) is 7. The van der Waals surface area contributed by atoms with Crippen LogP contribution < -0.4 is 22.1 Å². The molecule has 0 radical (unpaired) electrons. The molecule has 16 heteroatoms. The lowest BCUT2D eigenvalue weighted by Crippen LogP contribution is -2.70. The highest BCUT2D eigenvalue weighted by atomic mass is 16.6. The largest absolute Gasteiger partial charge is 0.441 e. The molecule has 16 nitrogen and oxygen atoms in total. The number of hydrogen-bond acceptors (Lipinski definition) is 12. The van der Waals surface area contributed by atoms with Crippen molar-refractivity contribution < 1.29 is 39.2 Å². The van der Waals surface area contributed by atoms with Gasteiger partial charge in [-0.05, 0) is 0 Å². The number of rotatable bonds is 6. The van der Waals surface area contributed by atoms with Crippen LogP contribution in [0.2, 0.25) is 0 Å². The minimum absolute atomic E-state index is 0.0756. The Morgan fingerprint density at radius 1 is 1.47 bits per heavy atom. The summed E-state index contributed by atoms with van der Waals surface area (Å²) in [4.78, 5) is 46.8. The van der Waals surface area contributed by atoms with E-state index < -0.39 is 67.4 Å². The van der Waals surface area contributed by atoms with Crippen LogP contribution in [0.5, 0.6) is 0 Å². The van der Waals surface area contributed by atoms with Crippen molar-refractivity contribution in [2.24, 2.45) is 21.5 Å². The highest BCUT2D eigenvalue weighted by molar-refractivity contribution is 5.92. The number of nitrogens with zero attached hydrogens (tertiary/aromatic N) is 4. The van der Waals surface area contributed by atoms with Gasteiger partial charge < -0.3 is 56.7 Å². The van der Waals surface area contributed by atoms with Crippen LogP contribution in [0.1, 0.15) is 0 Å². The Balaban J connectivity index is 1.87. The summed E-state index contributed by atoms with van der Waals surface area (Å²) in [6.07, 6.45) is -6.47. The first-order chi connectivity index (χ1) is 16.1. The quantitative estimate of drug-likeness (QED) is 0.138. The van der Waals surface area contributed by atoms with Crippen LogP contribution in [-0.4, -0.2) is 138 Å². The molecule has 3 amide bonds. The average molecular weight is 486 g/mol. The standard InChI is InChI=1S/C18H30N8O8/c1-25-4-7(28)10-11(16(25)31)23-18(22-10)24-15-12(26(2)9(29)3-21-6-19)13(30)14(34-17(20)32)8(5-27)33-15/h6-8,10-15,27-28,30H,3-5H2,1-2H3,(H2,19,21)(H2,20,32)(H2,22,23,24)/t7-,8?,10-,11+,12?,13?,14?,15?/m1/s1. The minimum Gasteiger partial charge on any atom is -0.441 e. The molecule has 0 aromatic carbocycles. The molecule has 190 valence electrons. The molecular weight excluding hydrogens is 456 g/mol. The summed E-state index contributed by atoms with van der Waals surface area (Å²) < 4.78 is 10.8. The van der Waals surface area contributed by atoms with E-state index in [0.29, 0.717) is 0 Å². The zero-order chi connectivity index (χ0) is 25.2. The van der Waals surface area contributed by atoms with E-state index in [1.807, 2.05) is 0 Å². The van der Waals surface area contributed by atoms with E-state index in [9.17, 15) is 29.7 Å². The van der Waals surface area contributed by atoms with E-state index in [0.717, 1.165) is 11.2 Å². The molecule has 0 saturated carbocycles. The van der Waals surface area contributed by atoms with Gasteiger partial charge in [0.05, 0.1) is 25.1 Å². The van der Waals surface area contributed by atoms with Crippen LogP contribution in [0.4, 0.5) is 4.79 Å². The Morgan fingerprint density at radius 3 is 2.79 bits per heavy atom. The van der Waals surface area contributed by atoms with Gasteiger partial charge in [-0.15, -0.1) is 0 Å². The number of primary amides is 1. The van der Waals surface area contributed by atoms with Crippen LogP contribution in [0, 0.1) is 0 Å². The molecule has 2 saturated heterocycles. The molecule has 0 aliphatic carbocycles. The van der Waals surface area contributed by atoms with E-state index in [4.69, 9.17) is 20.9 Å². The zero-order valence-corrected chi connectivity index (χ0v) is 18.6. The lowest BCUT2D eigenvalue weighted by molar-refractivity contribution is -0.214. The molecule has 9 N–H and O–H groups in total. The van der Waals surface area contributed by atoms with E-state index in [-0.39, 0.29) is 25.0 Å². The van der Waals surface area contributed by atoms with Crippen molar-refractivity contribution in [3.63, 3.8) is 0 Å². The summed E-state index contributed by atoms with van der Waals surface area (Å²) in [7, 11) is 2.92. The number of fused-ring (bicyclic) bond motifs is 1. The van der Waals surface area contributed by atoms with Gasteiger partial charge in [0.25, 0.3) is 0 Å². The molecule has 3 aliphatic heterocycles. The Kier molecular flexibility index (Phi) is 7.75. The highest BCUT2D eigenvalue weighted by Crippen LogP contribution is 2.27. The molecule has 8 atom stereocenters. The van der Waals surface area contributed by atoms with Gasteiger partial charge >= 0.3 is 6.09 Å². The van der Waals surface area contributed by atoms with Gasteiger partial charge in [0.1, 0.15) is 24.8 Å². The SMILES string of the molecule is CN1C[C@@H](O)[C@H]2NC(NC3OC(CO)C(OC(N)=O)C(O)C3N(C)C(=O)CN=CN)=N[C@@H]2C1=O. The number of amides is 3. The number of nitrogens with one attached hydrogen (secondary N) is 2. The van der Waals surface area contributed by atoms with Gasteiger partial charge in [-0.1, -0.05) is 0 Å². The van der Waals surface area contributed by atoms with Crippen molar-refractivity contribution in [2.45, 2.75) is 48.8 Å². The minimum atomic E-state index is -1.55. The molecule has 3 aliphatic rings. The number of ether oxygens (including phenoxy) is 2. The smallest absolute Gasteiger partial charge is 0.404 e. The van der Waals surface area contributed by atoms with Gasteiger partial charge in [-0.25, -0.2) is 9.79 Å². The fourth-order valence-electron chi connectivity index (χ4n) is 4.26. The van der Waals surface area contributed by atoms with Crippen LogP contribution in [-0.2, 0) is 19.1 Å². The summed E-state index contributed by atoms with van der Waals surface area (Å²) in [6.45, 7) is -0.860. The van der Waals surface area contributed by atoms with Crippen molar-refractivity contribution in [3.05, 3.63) is 0 Å². The number of aliphatic imine (C=N–C) groups is 2. The Morgan fingerprint density at radius 2 is 2.18 bits per heavy atom. The summed E-state index contributed by atoms with van der Waals surface area (Å²) in [5.74, 6) is -0.772. The second-order valence-corrected chi connectivity index (χ2v) is 8.18. The maximum absolute atomic E-state index is 12.6. The number of carbonyl (C=O) groups excluding carboxylic acids is 3. The Hall–Kier alpha value is -3.21. The normalized spacial score (nSPS) is 35.4. The maximum Gasteiger partial charge on any atom is 0.404 e. The molecule has 2 fully saturated rings. The van der Waals surface area contributed by atoms with Crippen molar-refractivity contribution in [1.82, 2.24) is 20.4 Å². The van der Waals surface area contributed by atoms with Crippen LogP contribution >= 0.6 is 0 Å². The maximum atomic E-state index is 12.6. The number of guanidine groups is 1. The van der Waals surface area contributed by atoms with Gasteiger partial charge in [-0.3, -0.25) is 14.6 Å². The first kappa shape index (κ1) is 25.4. The van der Waals surface area contributed by atoms with Crippen LogP contribution in [0.25, 0.3) is 0 Å². The second kappa shape index (κ2) is 10.4. The number of β-amino-alcohol motifs (C(OH)–C–C–N with tert-alkyl or cyclic N) is 1. The van der Waals surface area contributed by atoms with Crippen molar-refractivity contribution in [2.75, 3.05) is 33.8 Å². The number of piperidine rings is 1. The summed E-state index contributed by atoms with van der Waals surface area (Å²) in [5, 5.41) is 36.9. The summed E-state index contributed by atoms with van der Waals surface area (Å²) >= 11 is 0. The number of aliphatic hydroxyl groups is 3. The lowest BCUT2D eigenvalue weighted by Gasteiger charge is -2.46. The third kappa shape index (κ3) is 4.98. The van der Waals surface area contributed by atoms with Crippen LogP contribution in [0.3, 0.4) is 0 Å². The molecule has 0 spiro atoms. The summed E-state index contributed by atoms with van der Waals surface area (Å²) in [6, 6.07) is -2.75. The monoisotopic (exact) mass is 486 g/mol. The van der Waals surface area contributed by atoms with Crippen molar-refractivity contribution >= 4 is 30.2 Å². The number of likely N-dealkylation sites (N-methyl/N-ethyl adjacent to an activating group) is 2. The third-order valence-electron chi connectivity index (χ3n) is 5.98. The van der Waals surface area contributed by atoms with Gasteiger partial charge in [0.15, 0.2) is 24.3 Å². The molecule has 0 aromatic rings. The number of nitrogens with two attached hydrogens (primary N) is 2. The molecular formula is C18H30N8O8. The lowest BCUT2D eigenvalue weighted by atomic mass is 9.94. The number of likely N-dealkylation sites (tertiary alicyclic amines) is 1. The average Bonchev–Trinajstić information content (AvgIpc) is 3.21. The molecule has 5 unspecified atom stereocenters. The molecule has 3 heterocycles. The first-order valence-electron chi connectivity index (χ1n) is 10.5. The van der Waals surface area contributed by atoms with Crippen LogP contribution in [0.15, 0.2) is 9.98 Å². The Labute approximate surface area is 194 Å². The highest BCUT2D eigenvalue weighted by Gasteiger charge is 2.51.